The Hall–Kier alpha value is -1.77. The van der Waals surface area contributed by atoms with Crippen molar-refractivity contribution in [2.75, 3.05) is 10.8 Å². The Morgan fingerprint density at radius 3 is 2.73 bits per heavy atom. The second-order valence-corrected chi connectivity index (χ2v) is 6.95. The van der Waals surface area contributed by atoms with E-state index in [1.54, 1.807) is 5.38 Å². The van der Waals surface area contributed by atoms with Crippen LogP contribution in [-0.4, -0.2) is 30.9 Å². The third kappa shape index (κ3) is 6.33. The molecule has 0 aromatic carbocycles. The van der Waals surface area contributed by atoms with Crippen molar-refractivity contribution in [3.8, 4) is 0 Å². The van der Waals surface area contributed by atoms with Crippen molar-refractivity contribution in [3.05, 3.63) is 16.0 Å². The lowest BCUT2D eigenvalue weighted by Crippen LogP contribution is -2.31. The van der Waals surface area contributed by atoms with Crippen LogP contribution in [0.5, 0.6) is 0 Å². The molecule has 0 unspecified atom stereocenters. The van der Waals surface area contributed by atoms with E-state index in [0.29, 0.717) is 22.2 Å². The number of nitrogens with zero attached hydrogens (tertiary/aromatic N) is 4. The molecule has 7 N–H and O–H groups in total. The number of nitrogens with one attached hydrogen (secondary N) is 1. The monoisotopic (exact) mass is 366 g/mol. The Morgan fingerprint density at radius 1 is 1.50 bits per heavy atom. The first-order valence-electron chi connectivity index (χ1n) is 5.59. The number of hydrogen-bond donors (Lipinski definition) is 4. The number of amidine groups is 1. The summed E-state index contributed by atoms with van der Waals surface area (Å²) in [5.74, 6) is 0.432. The molecular weight excluding hydrogens is 352 g/mol. The first kappa shape index (κ1) is 18.3. The Kier molecular flexibility index (Phi) is 6.66. The van der Waals surface area contributed by atoms with Crippen molar-refractivity contribution in [2.24, 2.45) is 26.3 Å². The quantitative estimate of drug-likeness (QED) is 0.158. The SMILES string of the molecule is N=C(N)N(N=O)c1nc(CSCCC(N)=NS(N)(=O)=O)cs1. The van der Waals surface area contributed by atoms with E-state index >= 15 is 0 Å². The van der Waals surface area contributed by atoms with Gasteiger partial charge in [0.2, 0.25) is 11.1 Å². The Morgan fingerprint density at radius 2 is 2.18 bits per heavy atom. The molecule has 0 aliphatic carbocycles. The minimum Gasteiger partial charge on any atom is -0.386 e. The summed E-state index contributed by atoms with van der Waals surface area (Å²) in [6.45, 7) is 0. The molecule has 0 aliphatic heterocycles. The predicted molar refractivity (Wildman–Crippen MR) is 87.8 cm³/mol. The van der Waals surface area contributed by atoms with E-state index < -0.39 is 16.2 Å². The molecule has 0 bridgehead atoms. The van der Waals surface area contributed by atoms with E-state index in [4.69, 9.17) is 22.0 Å². The zero-order valence-electron chi connectivity index (χ0n) is 11.2. The maximum atomic E-state index is 10.7. The zero-order valence-corrected chi connectivity index (χ0v) is 13.6. The van der Waals surface area contributed by atoms with Crippen molar-refractivity contribution >= 4 is 50.2 Å². The van der Waals surface area contributed by atoms with Gasteiger partial charge in [-0.05, 0) is 0 Å². The number of anilines is 1. The summed E-state index contributed by atoms with van der Waals surface area (Å²) in [6, 6.07) is 0. The molecule has 0 amide bonds. The van der Waals surface area contributed by atoms with Crippen LogP contribution >= 0.6 is 23.1 Å². The summed E-state index contributed by atoms with van der Waals surface area (Å²) < 4.78 is 24.5. The fraction of sp³-hybridized carbons (Fsp3) is 0.375. The summed E-state index contributed by atoms with van der Waals surface area (Å²) in [6.07, 6.45) is 0.257. The number of nitrogens with two attached hydrogens (primary N) is 3. The van der Waals surface area contributed by atoms with Crippen LogP contribution < -0.4 is 21.6 Å². The lowest BCUT2D eigenvalue weighted by molar-refractivity contribution is 0.599. The summed E-state index contributed by atoms with van der Waals surface area (Å²) in [7, 11) is -3.96. The average molecular weight is 366 g/mol. The summed E-state index contributed by atoms with van der Waals surface area (Å²) in [5, 5.41) is 17.1. The number of nitroso groups, excluding NO2 is 1. The Balaban J connectivity index is 2.47. The molecule has 122 valence electrons. The number of thiazole rings is 1. The van der Waals surface area contributed by atoms with Gasteiger partial charge in [-0.3, -0.25) is 5.41 Å². The lowest BCUT2D eigenvalue weighted by Gasteiger charge is -2.07. The van der Waals surface area contributed by atoms with Crippen molar-refractivity contribution in [3.63, 3.8) is 0 Å². The average Bonchev–Trinajstić information content (AvgIpc) is 2.81. The van der Waals surface area contributed by atoms with Crippen LogP contribution in [-0.2, 0) is 16.0 Å². The van der Waals surface area contributed by atoms with Crippen LogP contribution in [0.3, 0.4) is 0 Å². The first-order chi connectivity index (χ1) is 10.2. The highest BCUT2D eigenvalue weighted by Gasteiger charge is 2.14. The number of aromatic nitrogens is 1. The summed E-state index contributed by atoms with van der Waals surface area (Å²) in [5.41, 5.74) is 11.3. The molecule has 14 heteroatoms. The van der Waals surface area contributed by atoms with Gasteiger partial charge < -0.3 is 11.5 Å². The predicted octanol–water partition coefficient (Wildman–Crippen LogP) is -0.292. The topological polar surface area (TPSA) is 194 Å². The van der Waals surface area contributed by atoms with Crippen LogP contribution in [0.4, 0.5) is 5.13 Å². The van der Waals surface area contributed by atoms with Gasteiger partial charge >= 0.3 is 10.2 Å². The third-order valence-electron chi connectivity index (χ3n) is 2.03. The Bertz CT molecular complexity index is 670. The maximum absolute atomic E-state index is 10.7. The van der Waals surface area contributed by atoms with Gasteiger partial charge in [-0.2, -0.15) is 20.2 Å². The van der Waals surface area contributed by atoms with Gasteiger partial charge in [0.05, 0.1) is 11.0 Å². The smallest absolute Gasteiger partial charge is 0.318 e. The first-order valence-corrected chi connectivity index (χ1v) is 9.13. The second kappa shape index (κ2) is 8.02. The molecule has 1 aromatic heterocycles. The van der Waals surface area contributed by atoms with Crippen molar-refractivity contribution in [2.45, 2.75) is 12.2 Å². The van der Waals surface area contributed by atoms with Gasteiger partial charge in [0.1, 0.15) is 5.84 Å². The summed E-state index contributed by atoms with van der Waals surface area (Å²) >= 11 is 2.56. The van der Waals surface area contributed by atoms with E-state index in [2.05, 4.69) is 14.7 Å². The molecule has 11 nitrogen and oxygen atoms in total. The highest BCUT2D eigenvalue weighted by atomic mass is 32.2. The second-order valence-electron chi connectivity index (χ2n) is 3.80. The molecular formula is C8H14N8O3S3. The molecule has 0 atom stereocenters. The molecule has 0 radical (unpaired) electrons. The molecule has 1 aromatic rings. The van der Waals surface area contributed by atoms with E-state index in [1.807, 2.05) is 0 Å². The zero-order chi connectivity index (χ0) is 16.8. The molecule has 0 fully saturated rings. The molecule has 0 saturated heterocycles. The number of guanidine groups is 1. The molecule has 0 spiro atoms. The van der Waals surface area contributed by atoms with E-state index in [-0.39, 0.29) is 17.4 Å². The normalized spacial score (nSPS) is 12.1. The van der Waals surface area contributed by atoms with Gasteiger partial charge in [0, 0.05) is 23.3 Å². The van der Waals surface area contributed by atoms with Crippen LogP contribution in [0.1, 0.15) is 12.1 Å². The molecule has 22 heavy (non-hydrogen) atoms. The maximum Gasteiger partial charge on any atom is 0.318 e. The van der Waals surface area contributed by atoms with Crippen molar-refractivity contribution in [1.82, 2.24) is 4.98 Å². The molecule has 0 saturated carbocycles. The number of hydrogen-bond acceptors (Lipinski definition) is 8. The van der Waals surface area contributed by atoms with Crippen LogP contribution in [0.25, 0.3) is 0 Å². The lowest BCUT2D eigenvalue weighted by atomic mass is 10.5. The largest absolute Gasteiger partial charge is 0.386 e. The number of rotatable bonds is 8. The standard InChI is InChI=1S/C8H14N8O3S3/c9-6(14-22(12,18)19)1-2-20-3-5-4-21-8(13-5)16(15-17)7(10)11/h4H,1-3H2,(H2,9,14)(H3,10,11)(H2,12,18,19). The van der Waals surface area contributed by atoms with E-state index in [9.17, 15) is 13.3 Å². The number of thioether (sulfide) groups is 1. The van der Waals surface area contributed by atoms with Crippen LogP contribution in [0.15, 0.2) is 15.1 Å². The van der Waals surface area contributed by atoms with Gasteiger partial charge in [-0.15, -0.1) is 25.7 Å². The van der Waals surface area contributed by atoms with Crippen molar-refractivity contribution < 1.29 is 8.42 Å². The Labute approximate surface area is 134 Å². The highest BCUT2D eigenvalue weighted by molar-refractivity contribution is 7.98. The van der Waals surface area contributed by atoms with E-state index in [1.165, 1.54) is 11.8 Å². The third-order valence-corrected chi connectivity index (χ3v) is 4.37. The fourth-order valence-electron chi connectivity index (χ4n) is 1.20. The molecule has 1 heterocycles. The van der Waals surface area contributed by atoms with Gasteiger partial charge in [-0.1, -0.05) is 0 Å². The molecule has 0 aliphatic rings. The van der Waals surface area contributed by atoms with Crippen molar-refractivity contribution in [1.29, 1.82) is 5.41 Å². The van der Waals surface area contributed by atoms with Crippen LogP contribution in [0.2, 0.25) is 0 Å². The van der Waals surface area contributed by atoms with Gasteiger partial charge in [0.25, 0.3) is 0 Å². The van der Waals surface area contributed by atoms with E-state index in [0.717, 1.165) is 11.3 Å². The van der Waals surface area contributed by atoms with Gasteiger partial charge in [0.15, 0.2) is 0 Å². The van der Waals surface area contributed by atoms with Gasteiger partial charge in [-0.25, -0.2) is 10.1 Å². The minimum atomic E-state index is -3.96. The minimum absolute atomic E-state index is 0.0677. The highest BCUT2D eigenvalue weighted by Crippen LogP contribution is 2.23. The fourth-order valence-corrected chi connectivity index (χ4v) is 3.36. The van der Waals surface area contributed by atoms with Crippen LogP contribution in [0, 0.1) is 10.3 Å². The molecule has 1 rings (SSSR count). The summed E-state index contributed by atoms with van der Waals surface area (Å²) in [4.78, 5) is 14.6.